The smallest absolute Gasteiger partial charge is 0.319 e. The maximum atomic E-state index is 13.6. The lowest BCUT2D eigenvalue weighted by molar-refractivity contribution is -0.130. The largest absolute Gasteiger partial charge is 0.343 e. The van der Waals surface area contributed by atoms with E-state index in [0.717, 1.165) is 37.6 Å². The van der Waals surface area contributed by atoms with Crippen molar-refractivity contribution in [3.63, 3.8) is 0 Å². The van der Waals surface area contributed by atoms with Gasteiger partial charge < -0.3 is 15.5 Å². The van der Waals surface area contributed by atoms with Gasteiger partial charge in [0.1, 0.15) is 11.6 Å². The van der Waals surface area contributed by atoms with Gasteiger partial charge in [0.05, 0.1) is 0 Å². The molecule has 0 spiro atoms. The van der Waals surface area contributed by atoms with E-state index in [1.54, 1.807) is 12.1 Å². The van der Waals surface area contributed by atoms with Gasteiger partial charge in [-0.25, -0.2) is 13.6 Å². The second kappa shape index (κ2) is 10.0. The summed E-state index contributed by atoms with van der Waals surface area (Å²) in [6.07, 6.45) is 3.61. The van der Waals surface area contributed by atoms with Crippen LogP contribution in [0.1, 0.15) is 30.4 Å². The topological polar surface area (TPSA) is 61.4 Å². The molecule has 3 rings (SSSR count). The third-order valence-corrected chi connectivity index (χ3v) is 4.99. The molecule has 0 aromatic heterocycles. The number of nitrogens with one attached hydrogen (secondary N) is 2. The van der Waals surface area contributed by atoms with E-state index in [4.69, 9.17) is 0 Å². The molecule has 154 valence electrons. The van der Waals surface area contributed by atoms with Crippen LogP contribution in [0.15, 0.2) is 42.5 Å². The third-order valence-electron chi connectivity index (χ3n) is 4.99. The van der Waals surface area contributed by atoms with Crippen LogP contribution in [0, 0.1) is 11.6 Å². The molecule has 0 radical (unpaired) electrons. The van der Waals surface area contributed by atoms with E-state index >= 15 is 0 Å². The minimum Gasteiger partial charge on any atom is -0.343 e. The van der Waals surface area contributed by atoms with E-state index in [2.05, 4.69) is 10.6 Å². The average molecular weight is 401 g/mol. The number of amides is 3. The Morgan fingerprint density at radius 2 is 1.69 bits per heavy atom. The maximum absolute atomic E-state index is 13.6. The second-order valence-electron chi connectivity index (χ2n) is 7.15. The molecule has 5 nitrogen and oxygen atoms in total. The first kappa shape index (κ1) is 20.8. The Balaban J connectivity index is 1.39. The molecule has 1 heterocycles. The average Bonchev–Trinajstić information content (AvgIpc) is 3.24. The van der Waals surface area contributed by atoms with Crippen molar-refractivity contribution in [3.05, 3.63) is 65.2 Å². The Labute approximate surface area is 169 Å². The zero-order valence-corrected chi connectivity index (χ0v) is 16.2. The standard InChI is InChI=1S/C22H25F2N3O2/c23-18-7-6-17(20(24)15-18)11-12-25-22(29)26-19-8-3-16(4-9-19)5-10-21(28)27-13-1-2-14-27/h3-4,6-9,15H,1-2,5,10-14H2,(H2,25,26,29). The van der Waals surface area contributed by atoms with Gasteiger partial charge in [0.25, 0.3) is 0 Å². The second-order valence-corrected chi connectivity index (χ2v) is 7.15. The Kier molecular flexibility index (Phi) is 7.16. The number of hydrogen-bond acceptors (Lipinski definition) is 2. The van der Waals surface area contributed by atoms with Crippen LogP contribution < -0.4 is 10.6 Å². The van der Waals surface area contributed by atoms with Gasteiger partial charge in [0, 0.05) is 37.8 Å². The number of rotatable bonds is 7. The van der Waals surface area contributed by atoms with Crippen LogP contribution in [-0.4, -0.2) is 36.5 Å². The number of carbonyl (C=O) groups excluding carboxylic acids is 2. The summed E-state index contributed by atoms with van der Waals surface area (Å²) in [5.74, 6) is -1.05. The molecule has 2 aromatic carbocycles. The van der Waals surface area contributed by atoms with Crippen molar-refractivity contribution in [2.45, 2.75) is 32.1 Å². The highest BCUT2D eigenvalue weighted by Crippen LogP contribution is 2.14. The Morgan fingerprint density at radius 3 is 2.38 bits per heavy atom. The van der Waals surface area contributed by atoms with Crippen LogP contribution in [0.25, 0.3) is 0 Å². The zero-order chi connectivity index (χ0) is 20.6. The van der Waals surface area contributed by atoms with E-state index < -0.39 is 17.7 Å². The molecule has 29 heavy (non-hydrogen) atoms. The lowest BCUT2D eigenvalue weighted by Gasteiger charge is -2.15. The number of halogens is 2. The van der Waals surface area contributed by atoms with Crippen molar-refractivity contribution in [2.24, 2.45) is 0 Å². The van der Waals surface area contributed by atoms with Gasteiger partial charge in [0.15, 0.2) is 0 Å². The molecular formula is C22H25F2N3O2. The molecule has 1 aliphatic heterocycles. The van der Waals surface area contributed by atoms with Crippen LogP contribution in [0.3, 0.4) is 0 Å². The lowest BCUT2D eigenvalue weighted by atomic mass is 10.1. The first-order valence-corrected chi connectivity index (χ1v) is 9.87. The molecule has 2 N–H and O–H groups in total. The molecule has 0 bridgehead atoms. The number of aryl methyl sites for hydroxylation is 1. The summed E-state index contributed by atoms with van der Waals surface area (Å²) in [7, 11) is 0. The molecule has 3 amide bonds. The predicted octanol–water partition coefficient (Wildman–Crippen LogP) is 3.88. The highest BCUT2D eigenvalue weighted by atomic mass is 19.1. The van der Waals surface area contributed by atoms with Crippen LogP contribution in [0.5, 0.6) is 0 Å². The van der Waals surface area contributed by atoms with Crippen molar-refractivity contribution in [1.82, 2.24) is 10.2 Å². The number of anilines is 1. The van der Waals surface area contributed by atoms with Crippen molar-refractivity contribution in [1.29, 1.82) is 0 Å². The number of benzene rings is 2. The van der Waals surface area contributed by atoms with Crippen LogP contribution in [0.2, 0.25) is 0 Å². The summed E-state index contributed by atoms with van der Waals surface area (Å²) in [5.41, 5.74) is 2.01. The van der Waals surface area contributed by atoms with Gasteiger partial charge in [-0.2, -0.15) is 0 Å². The summed E-state index contributed by atoms with van der Waals surface area (Å²) in [5, 5.41) is 5.36. The minimum absolute atomic E-state index is 0.196. The maximum Gasteiger partial charge on any atom is 0.319 e. The van der Waals surface area contributed by atoms with E-state index in [9.17, 15) is 18.4 Å². The monoisotopic (exact) mass is 401 g/mol. The van der Waals surface area contributed by atoms with Gasteiger partial charge in [-0.3, -0.25) is 4.79 Å². The molecule has 0 atom stereocenters. The summed E-state index contributed by atoms with van der Waals surface area (Å²) in [4.78, 5) is 26.0. The summed E-state index contributed by atoms with van der Waals surface area (Å²) in [6, 6.07) is 10.3. The number of urea groups is 1. The Hall–Kier alpha value is -2.96. The fraction of sp³-hybridized carbons (Fsp3) is 0.364. The van der Waals surface area contributed by atoms with E-state index in [0.29, 0.717) is 24.1 Å². The molecule has 0 unspecified atom stereocenters. The molecular weight excluding hydrogens is 376 g/mol. The first-order valence-electron chi connectivity index (χ1n) is 9.87. The molecule has 7 heteroatoms. The number of nitrogens with zero attached hydrogens (tertiary/aromatic N) is 1. The van der Waals surface area contributed by atoms with E-state index in [1.807, 2.05) is 17.0 Å². The fourth-order valence-corrected chi connectivity index (χ4v) is 3.34. The lowest BCUT2D eigenvalue weighted by Crippen LogP contribution is -2.30. The molecule has 1 saturated heterocycles. The SMILES string of the molecule is O=C(NCCc1ccc(F)cc1F)Nc1ccc(CCC(=O)N2CCCC2)cc1. The van der Waals surface area contributed by atoms with Gasteiger partial charge in [0.2, 0.25) is 5.91 Å². The third kappa shape index (κ3) is 6.27. The van der Waals surface area contributed by atoms with Crippen LogP contribution >= 0.6 is 0 Å². The van der Waals surface area contributed by atoms with Gasteiger partial charge in [-0.05, 0) is 55.0 Å². The molecule has 2 aromatic rings. The number of carbonyl (C=O) groups is 2. The quantitative estimate of drug-likeness (QED) is 0.740. The first-order chi connectivity index (χ1) is 14.0. The van der Waals surface area contributed by atoms with Crippen molar-refractivity contribution >= 4 is 17.6 Å². The highest BCUT2D eigenvalue weighted by molar-refractivity contribution is 5.89. The number of likely N-dealkylation sites (tertiary alicyclic amines) is 1. The molecule has 0 saturated carbocycles. The fourth-order valence-electron chi connectivity index (χ4n) is 3.34. The van der Waals surface area contributed by atoms with Gasteiger partial charge in [-0.15, -0.1) is 0 Å². The highest BCUT2D eigenvalue weighted by Gasteiger charge is 2.17. The van der Waals surface area contributed by atoms with Crippen molar-refractivity contribution < 1.29 is 18.4 Å². The van der Waals surface area contributed by atoms with E-state index in [-0.39, 0.29) is 18.9 Å². The number of hydrogen-bond donors (Lipinski definition) is 2. The summed E-state index contributed by atoms with van der Waals surface area (Å²) in [6.45, 7) is 1.96. The summed E-state index contributed by atoms with van der Waals surface area (Å²) < 4.78 is 26.5. The Bertz CT molecular complexity index is 850. The van der Waals surface area contributed by atoms with Gasteiger partial charge >= 0.3 is 6.03 Å². The molecule has 1 aliphatic rings. The molecule has 1 fully saturated rings. The minimum atomic E-state index is -0.624. The normalized spacial score (nSPS) is 13.4. The van der Waals surface area contributed by atoms with Crippen molar-refractivity contribution in [2.75, 3.05) is 25.0 Å². The van der Waals surface area contributed by atoms with E-state index in [1.165, 1.54) is 12.1 Å². The van der Waals surface area contributed by atoms with Gasteiger partial charge in [-0.1, -0.05) is 18.2 Å². The Morgan fingerprint density at radius 1 is 0.966 bits per heavy atom. The van der Waals surface area contributed by atoms with Crippen LogP contribution in [-0.2, 0) is 17.6 Å². The van der Waals surface area contributed by atoms with Crippen molar-refractivity contribution in [3.8, 4) is 0 Å². The zero-order valence-electron chi connectivity index (χ0n) is 16.2. The summed E-state index contributed by atoms with van der Waals surface area (Å²) >= 11 is 0. The molecule has 0 aliphatic carbocycles. The predicted molar refractivity (Wildman–Crippen MR) is 108 cm³/mol. The van der Waals surface area contributed by atoms with Crippen LogP contribution in [0.4, 0.5) is 19.3 Å².